The van der Waals surface area contributed by atoms with Crippen molar-refractivity contribution in [3.8, 4) is 17.2 Å². The SMILES string of the molecule is CC1(c2cccc(-c3cccc(CC#N)c3)c2)COCC(N)=N1.O=CO. The molecule has 0 fully saturated rings. The van der Waals surface area contributed by atoms with Gasteiger partial charge in [-0.25, -0.2) is 0 Å². The van der Waals surface area contributed by atoms with Crippen molar-refractivity contribution in [1.82, 2.24) is 0 Å². The highest BCUT2D eigenvalue weighted by Gasteiger charge is 2.30. The first kappa shape index (κ1) is 19.2. The predicted octanol–water partition coefficient (Wildman–Crippen LogP) is 2.72. The molecule has 1 unspecified atom stereocenters. The number of carbonyl (C=O) groups is 1. The Morgan fingerprint density at radius 3 is 2.62 bits per heavy atom. The van der Waals surface area contributed by atoms with Crippen LogP contribution in [0, 0.1) is 11.3 Å². The highest BCUT2D eigenvalue weighted by Crippen LogP contribution is 2.31. The van der Waals surface area contributed by atoms with Crippen LogP contribution in [0.2, 0.25) is 0 Å². The molecule has 2 aromatic rings. The Morgan fingerprint density at radius 2 is 1.96 bits per heavy atom. The van der Waals surface area contributed by atoms with E-state index in [2.05, 4.69) is 35.3 Å². The van der Waals surface area contributed by atoms with Gasteiger partial charge in [-0.05, 0) is 35.2 Å². The quantitative estimate of drug-likeness (QED) is 0.827. The van der Waals surface area contributed by atoms with Crippen molar-refractivity contribution in [3.63, 3.8) is 0 Å². The van der Waals surface area contributed by atoms with Crippen LogP contribution in [-0.4, -0.2) is 30.6 Å². The molecule has 0 saturated carbocycles. The van der Waals surface area contributed by atoms with Crippen LogP contribution in [0.1, 0.15) is 18.1 Å². The molecule has 1 aliphatic rings. The fraction of sp³-hybridized carbons (Fsp3) is 0.250. The molecule has 0 spiro atoms. The van der Waals surface area contributed by atoms with E-state index < -0.39 is 5.54 Å². The Balaban J connectivity index is 0.000000758. The zero-order valence-corrected chi connectivity index (χ0v) is 14.6. The van der Waals surface area contributed by atoms with Gasteiger partial charge in [-0.2, -0.15) is 5.26 Å². The van der Waals surface area contributed by atoms with Crippen molar-refractivity contribution in [2.45, 2.75) is 18.9 Å². The molecule has 26 heavy (non-hydrogen) atoms. The second-order valence-corrected chi connectivity index (χ2v) is 6.09. The van der Waals surface area contributed by atoms with Gasteiger partial charge in [0.25, 0.3) is 6.47 Å². The second-order valence-electron chi connectivity index (χ2n) is 6.09. The lowest BCUT2D eigenvalue weighted by Gasteiger charge is -2.30. The summed E-state index contributed by atoms with van der Waals surface area (Å²) in [4.78, 5) is 13.0. The number of amidine groups is 1. The first-order chi connectivity index (χ1) is 12.5. The van der Waals surface area contributed by atoms with E-state index in [9.17, 15) is 0 Å². The zero-order chi connectivity index (χ0) is 19.0. The van der Waals surface area contributed by atoms with Crippen molar-refractivity contribution < 1.29 is 14.6 Å². The highest BCUT2D eigenvalue weighted by molar-refractivity contribution is 5.82. The first-order valence-electron chi connectivity index (χ1n) is 8.09. The van der Waals surface area contributed by atoms with E-state index in [0.29, 0.717) is 25.5 Å². The Bertz CT molecular complexity index is 842. The topological polar surface area (TPSA) is 109 Å². The van der Waals surface area contributed by atoms with E-state index >= 15 is 0 Å². The van der Waals surface area contributed by atoms with Crippen molar-refractivity contribution in [3.05, 3.63) is 59.7 Å². The van der Waals surface area contributed by atoms with E-state index in [-0.39, 0.29) is 6.47 Å². The molecule has 0 aromatic heterocycles. The maximum absolute atomic E-state index is 8.86. The molecule has 1 atom stereocenters. The molecule has 6 nitrogen and oxygen atoms in total. The number of nitriles is 1. The molecule has 2 aromatic carbocycles. The van der Waals surface area contributed by atoms with Gasteiger partial charge < -0.3 is 15.6 Å². The number of benzene rings is 2. The smallest absolute Gasteiger partial charge is 0.290 e. The van der Waals surface area contributed by atoms with Crippen LogP contribution in [0.3, 0.4) is 0 Å². The summed E-state index contributed by atoms with van der Waals surface area (Å²) in [5.74, 6) is 0.528. The Hall–Kier alpha value is -3.17. The number of hydrogen-bond donors (Lipinski definition) is 2. The van der Waals surface area contributed by atoms with Crippen LogP contribution < -0.4 is 5.73 Å². The van der Waals surface area contributed by atoms with Crippen LogP contribution in [-0.2, 0) is 21.5 Å². The Labute approximate surface area is 152 Å². The molecule has 134 valence electrons. The largest absolute Gasteiger partial charge is 0.483 e. The van der Waals surface area contributed by atoms with Crippen LogP contribution >= 0.6 is 0 Å². The van der Waals surface area contributed by atoms with Gasteiger partial charge in [-0.3, -0.25) is 9.79 Å². The van der Waals surface area contributed by atoms with Gasteiger partial charge in [-0.15, -0.1) is 0 Å². The summed E-state index contributed by atoms with van der Waals surface area (Å²) in [7, 11) is 0. The van der Waals surface area contributed by atoms with Gasteiger partial charge in [0.2, 0.25) is 0 Å². The maximum Gasteiger partial charge on any atom is 0.290 e. The zero-order valence-electron chi connectivity index (χ0n) is 14.6. The molecule has 0 saturated heterocycles. The Morgan fingerprint density at radius 1 is 1.31 bits per heavy atom. The number of carboxylic acid groups (broad SMARTS) is 1. The highest BCUT2D eigenvalue weighted by atomic mass is 16.5. The number of nitrogens with two attached hydrogens (primary N) is 1. The minimum atomic E-state index is -0.456. The van der Waals surface area contributed by atoms with E-state index in [0.717, 1.165) is 22.3 Å². The number of aliphatic imine (C=N–C) groups is 1. The molecule has 3 N–H and O–H groups in total. The standard InChI is InChI=1S/C19H19N3O.CH2O2/c1-19(13-23-12-18(21)22-19)17-7-3-6-16(11-17)15-5-2-4-14(10-15)8-9-20;2-1-3/h2-7,10-11H,8,12-13H2,1H3,(H2,21,22);1H,(H,2,3). The number of hydrogen-bond acceptors (Lipinski definition) is 5. The monoisotopic (exact) mass is 351 g/mol. The normalized spacial score (nSPS) is 18.7. The molecule has 0 aliphatic carbocycles. The minimum absolute atomic E-state index is 0.250. The summed E-state index contributed by atoms with van der Waals surface area (Å²) in [6.45, 7) is 2.70. The number of rotatable bonds is 3. The fourth-order valence-electron chi connectivity index (χ4n) is 2.87. The van der Waals surface area contributed by atoms with Gasteiger partial charge >= 0.3 is 0 Å². The summed E-state index contributed by atoms with van der Waals surface area (Å²) in [5, 5.41) is 15.8. The average molecular weight is 351 g/mol. The third kappa shape index (κ3) is 4.68. The molecule has 0 radical (unpaired) electrons. The molecule has 3 rings (SSSR count). The third-order valence-corrected chi connectivity index (χ3v) is 4.05. The van der Waals surface area contributed by atoms with Crippen molar-refractivity contribution >= 4 is 12.3 Å². The number of ether oxygens (including phenoxy) is 1. The summed E-state index contributed by atoms with van der Waals surface area (Å²) in [6.07, 6.45) is 0.417. The number of nitrogens with zero attached hydrogens (tertiary/aromatic N) is 2. The van der Waals surface area contributed by atoms with Crippen molar-refractivity contribution in [1.29, 1.82) is 5.26 Å². The fourth-order valence-corrected chi connectivity index (χ4v) is 2.87. The molecule has 1 heterocycles. The van der Waals surface area contributed by atoms with Gasteiger partial charge in [0, 0.05) is 0 Å². The van der Waals surface area contributed by atoms with Crippen LogP contribution in [0.25, 0.3) is 11.1 Å². The van der Waals surface area contributed by atoms with Gasteiger partial charge in [0.1, 0.15) is 18.0 Å². The van der Waals surface area contributed by atoms with E-state index in [1.54, 1.807) is 0 Å². The summed E-state index contributed by atoms with van der Waals surface area (Å²) in [5.41, 5.74) is 9.67. The summed E-state index contributed by atoms with van der Waals surface area (Å²) >= 11 is 0. The first-order valence-corrected chi connectivity index (χ1v) is 8.09. The van der Waals surface area contributed by atoms with Crippen LogP contribution in [0.5, 0.6) is 0 Å². The lowest BCUT2D eigenvalue weighted by Crippen LogP contribution is -2.37. The van der Waals surface area contributed by atoms with Crippen LogP contribution in [0.15, 0.2) is 53.5 Å². The summed E-state index contributed by atoms with van der Waals surface area (Å²) in [6, 6.07) is 18.5. The predicted molar refractivity (Wildman–Crippen MR) is 99.7 cm³/mol. The van der Waals surface area contributed by atoms with Crippen molar-refractivity contribution in [2.75, 3.05) is 13.2 Å². The van der Waals surface area contributed by atoms with Gasteiger partial charge in [-0.1, -0.05) is 42.5 Å². The minimum Gasteiger partial charge on any atom is -0.483 e. The van der Waals surface area contributed by atoms with E-state index in [1.807, 2.05) is 31.2 Å². The van der Waals surface area contributed by atoms with E-state index in [1.165, 1.54) is 0 Å². The summed E-state index contributed by atoms with van der Waals surface area (Å²) < 4.78 is 5.56. The molecular weight excluding hydrogens is 330 g/mol. The van der Waals surface area contributed by atoms with Gasteiger partial charge in [0.05, 0.1) is 19.1 Å². The molecule has 6 heteroatoms. The molecule has 0 bridgehead atoms. The maximum atomic E-state index is 8.86. The van der Waals surface area contributed by atoms with Crippen molar-refractivity contribution in [2.24, 2.45) is 10.7 Å². The lowest BCUT2D eigenvalue weighted by atomic mass is 9.90. The third-order valence-electron chi connectivity index (χ3n) is 4.05. The average Bonchev–Trinajstić information content (AvgIpc) is 2.63. The van der Waals surface area contributed by atoms with E-state index in [4.69, 9.17) is 25.6 Å². The lowest BCUT2D eigenvalue weighted by molar-refractivity contribution is -0.122. The second kappa shape index (κ2) is 8.79. The van der Waals surface area contributed by atoms with Crippen LogP contribution in [0.4, 0.5) is 0 Å². The molecule has 1 aliphatic heterocycles. The Kier molecular flexibility index (Phi) is 6.48. The molecule has 0 amide bonds. The molecular formula is C20H21N3O3. The van der Waals surface area contributed by atoms with Gasteiger partial charge in [0.15, 0.2) is 0 Å².